The Morgan fingerprint density at radius 3 is 1.90 bits per heavy atom. The average molecular weight is 225 g/mol. The quantitative estimate of drug-likeness (QED) is 0.500. The van der Waals surface area contributed by atoms with E-state index in [1.807, 2.05) is 0 Å². The van der Waals surface area contributed by atoms with E-state index in [1.54, 1.807) is 3.71 Å². The molecule has 0 fully saturated rings. The van der Waals surface area contributed by atoms with Crippen molar-refractivity contribution in [2.75, 3.05) is 13.1 Å². The van der Waals surface area contributed by atoms with Crippen molar-refractivity contribution < 1.29 is 0 Å². The van der Waals surface area contributed by atoms with E-state index in [1.165, 1.54) is 0 Å². The van der Waals surface area contributed by atoms with Crippen LogP contribution in [0.2, 0.25) is 0 Å². The molecule has 0 aromatic rings. The minimum absolute atomic E-state index is 0. The molecule has 0 rings (SSSR count). The van der Waals surface area contributed by atoms with E-state index in [0.29, 0.717) is 0 Å². The highest BCUT2D eigenvalue weighted by atomic mass is 35.5. The lowest BCUT2D eigenvalue weighted by Crippen LogP contribution is -2.04. The molecule has 6 heteroatoms. The highest BCUT2D eigenvalue weighted by Crippen LogP contribution is 1.99. The van der Waals surface area contributed by atoms with E-state index in [4.69, 9.17) is 5.73 Å². The molecule has 66 valence electrons. The van der Waals surface area contributed by atoms with Gasteiger partial charge in [0.15, 0.2) is 0 Å². The summed E-state index contributed by atoms with van der Waals surface area (Å²) >= 11 is 7.86. The normalized spacial score (nSPS) is 8.40. The van der Waals surface area contributed by atoms with Crippen LogP contribution in [0, 0.1) is 0 Å². The smallest absolute Gasteiger partial charge is 0.0198 e. The zero-order chi connectivity index (χ0) is 6.41. The van der Waals surface area contributed by atoms with Crippen LogP contribution in [-0.2, 0) is 0 Å². The zero-order valence-corrected chi connectivity index (χ0v) is 8.99. The van der Waals surface area contributed by atoms with E-state index in [2.05, 4.69) is 25.6 Å². The molecule has 0 aliphatic carbocycles. The molecule has 0 aromatic carbocycles. The second kappa shape index (κ2) is 12.8. The molecule has 2 nitrogen and oxygen atoms in total. The number of rotatable bonds is 4. The van der Waals surface area contributed by atoms with Crippen molar-refractivity contribution >= 4 is 50.4 Å². The molecule has 0 saturated heterocycles. The molecule has 0 radical (unpaired) electrons. The van der Waals surface area contributed by atoms with Gasteiger partial charge in [-0.05, 0) is 19.4 Å². The predicted octanol–water partition coefficient (Wildman–Crippen LogP) is 1.56. The molecular formula is C4H14Cl2N2S2. The number of hydrogen-bond acceptors (Lipinski definition) is 4. The Kier molecular flexibility index (Phi) is 22.3. The minimum atomic E-state index is 0. The van der Waals surface area contributed by atoms with Gasteiger partial charge in [-0.25, -0.2) is 3.71 Å². The van der Waals surface area contributed by atoms with E-state index in [0.717, 1.165) is 25.9 Å². The monoisotopic (exact) mass is 224 g/mol. The Morgan fingerprint density at radius 1 is 1.10 bits per heavy atom. The summed E-state index contributed by atoms with van der Waals surface area (Å²) in [4.78, 5) is 0. The topological polar surface area (TPSA) is 29.3 Å². The van der Waals surface area contributed by atoms with Gasteiger partial charge in [0, 0.05) is 6.54 Å². The molecule has 0 unspecified atom stereocenters. The number of unbranched alkanes of at least 4 members (excludes halogenated alkanes) is 1. The number of hydrogen-bond donors (Lipinski definition) is 3. The van der Waals surface area contributed by atoms with E-state index >= 15 is 0 Å². The van der Waals surface area contributed by atoms with Crippen molar-refractivity contribution in [1.82, 2.24) is 3.71 Å². The Balaban J connectivity index is -0.000000245. The van der Waals surface area contributed by atoms with Gasteiger partial charge in [0.25, 0.3) is 0 Å². The second-order valence-corrected chi connectivity index (χ2v) is 2.87. The molecular weight excluding hydrogens is 211 g/mol. The molecule has 2 N–H and O–H groups in total. The average Bonchev–Trinajstić information content (AvgIpc) is 1.66. The van der Waals surface area contributed by atoms with Crippen molar-refractivity contribution in [2.45, 2.75) is 12.8 Å². The summed E-state index contributed by atoms with van der Waals surface area (Å²) in [7, 11) is 0. The third-order valence-corrected chi connectivity index (χ3v) is 1.21. The highest BCUT2D eigenvalue weighted by Gasteiger charge is 1.88. The fourth-order valence-electron chi connectivity index (χ4n) is 0.398. The Morgan fingerprint density at radius 2 is 1.60 bits per heavy atom. The van der Waals surface area contributed by atoms with Crippen LogP contribution in [0.1, 0.15) is 12.8 Å². The first-order valence-electron chi connectivity index (χ1n) is 2.62. The van der Waals surface area contributed by atoms with Crippen LogP contribution >= 0.6 is 50.4 Å². The first-order chi connectivity index (χ1) is 3.77. The molecule has 0 bridgehead atoms. The molecule has 0 atom stereocenters. The van der Waals surface area contributed by atoms with Gasteiger partial charge in [0.05, 0.1) is 0 Å². The Hall–Kier alpha value is 1.20. The van der Waals surface area contributed by atoms with Crippen LogP contribution in [0.5, 0.6) is 0 Å². The number of nitrogens with zero attached hydrogens (tertiary/aromatic N) is 1. The van der Waals surface area contributed by atoms with Gasteiger partial charge in [0.2, 0.25) is 0 Å². The summed E-state index contributed by atoms with van der Waals surface area (Å²) in [6, 6.07) is 0. The summed E-state index contributed by atoms with van der Waals surface area (Å²) in [5.74, 6) is 0. The van der Waals surface area contributed by atoms with E-state index < -0.39 is 0 Å². The number of halogens is 2. The summed E-state index contributed by atoms with van der Waals surface area (Å²) in [5, 5.41) is 0. The Labute approximate surface area is 85.8 Å². The Bertz CT molecular complexity index is 56.5. The summed E-state index contributed by atoms with van der Waals surface area (Å²) in [6.45, 7) is 1.65. The van der Waals surface area contributed by atoms with Crippen molar-refractivity contribution in [1.29, 1.82) is 0 Å². The van der Waals surface area contributed by atoms with Crippen molar-refractivity contribution in [3.63, 3.8) is 0 Å². The number of nitrogens with two attached hydrogens (primary N) is 1. The summed E-state index contributed by atoms with van der Waals surface area (Å²) in [5.41, 5.74) is 5.25. The second-order valence-electron chi connectivity index (χ2n) is 1.59. The van der Waals surface area contributed by atoms with Gasteiger partial charge in [0.1, 0.15) is 0 Å². The largest absolute Gasteiger partial charge is 0.330 e. The maximum Gasteiger partial charge on any atom is 0.0198 e. The van der Waals surface area contributed by atoms with Gasteiger partial charge in [-0.15, -0.1) is 24.8 Å². The molecule has 0 spiro atoms. The van der Waals surface area contributed by atoms with E-state index in [-0.39, 0.29) is 24.8 Å². The predicted molar refractivity (Wildman–Crippen MR) is 57.5 cm³/mol. The van der Waals surface area contributed by atoms with Gasteiger partial charge >= 0.3 is 0 Å². The van der Waals surface area contributed by atoms with Crippen LogP contribution in [-0.4, -0.2) is 16.8 Å². The van der Waals surface area contributed by atoms with Crippen molar-refractivity contribution in [2.24, 2.45) is 5.73 Å². The lowest BCUT2D eigenvalue weighted by atomic mass is 10.3. The SMILES string of the molecule is Cl.Cl.NCCCCN(S)S. The van der Waals surface area contributed by atoms with Crippen LogP contribution in [0.3, 0.4) is 0 Å². The highest BCUT2D eigenvalue weighted by molar-refractivity contribution is 7.93. The minimum Gasteiger partial charge on any atom is -0.330 e. The summed E-state index contributed by atoms with van der Waals surface area (Å²) in [6.07, 6.45) is 2.13. The van der Waals surface area contributed by atoms with Crippen LogP contribution < -0.4 is 5.73 Å². The van der Waals surface area contributed by atoms with Crippen LogP contribution in [0.4, 0.5) is 0 Å². The molecule has 0 amide bonds. The molecule has 10 heavy (non-hydrogen) atoms. The number of thiol groups is 2. The van der Waals surface area contributed by atoms with Gasteiger partial charge in [-0.3, -0.25) is 0 Å². The standard InChI is InChI=1S/C4H12N2S2.2ClH/c5-3-1-2-4-6(7)8;;/h7-8H,1-5H2;2*1H. The maximum absolute atomic E-state index is 5.25. The fraction of sp³-hybridized carbons (Fsp3) is 1.00. The molecule has 0 heterocycles. The third-order valence-electron chi connectivity index (χ3n) is 0.812. The van der Waals surface area contributed by atoms with Crippen LogP contribution in [0.15, 0.2) is 0 Å². The zero-order valence-electron chi connectivity index (χ0n) is 5.56. The molecule has 0 saturated carbocycles. The molecule has 0 aliphatic heterocycles. The fourth-order valence-corrected chi connectivity index (χ4v) is 0.680. The van der Waals surface area contributed by atoms with Crippen molar-refractivity contribution in [3.05, 3.63) is 0 Å². The molecule has 0 aromatic heterocycles. The first-order valence-corrected chi connectivity index (χ1v) is 3.42. The van der Waals surface area contributed by atoms with Crippen molar-refractivity contribution in [3.8, 4) is 0 Å². The molecule has 0 aliphatic rings. The van der Waals surface area contributed by atoms with Crippen LogP contribution in [0.25, 0.3) is 0 Å². The third kappa shape index (κ3) is 16.1. The van der Waals surface area contributed by atoms with Gasteiger partial charge in [-0.2, -0.15) is 0 Å². The lowest BCUT2D eigenvalue weighted by Gasteiger charge is -2.03. The maximum atomic E-state index is 5.25. The van der Waals surface area contributed by atoms with Gasteiger partial charge < -0.3 is 5.73 Å². The van der Waals surface area contributed by atoms with Gasteiger partial charge in [-0.1, -0.05) is 25.6 Å². The first kappa shape index (κ1) is 17.3. The lowest BCUT2D eigenvalue weighted by molar-refractivity contribution is 0.650. The van der Waals surface area contributed by atoms with E-state index in [9.17, 15) is 0 Å². The summed E-state index contributed by atoms with van der Waals surface area (Å²) < 4.78 is 1.57.